The van der Waals surface area contributed by atoms with Crippen molar-refractivity contribution in [1.29, 1.82) is 0 Å². The van der Waals surface area contributed by atoms with Gasteiger partial charge in [-0.25, -0.2) is 9.97 Å². The van der Waals surface area contributed by atoms with Crippen LogP contribution in [0.5, 0.6) is 5.75 Å². The van der Waals surface area contributed by atoms with E-state index in [1.165, 1.54) is 0 Å². The predicted octanol–water partition coefficient (Wildman–Crippen LogP) is 7.33. The summed E-state index contributed by atoms with van der Waals surface area (Å²) >= 11 is 7.55. The van der Waals surface area contributed by atoms with Gasteiger partial charge in [-0.15, -0.1) is 11.3 Å². The molecule has 0 unspecified atom stereocenters. The predicted molar refractivity (Wildman–Crippen MR) is 128 cm³/mol. The van der Waals surface area contributed by atoms with Gasteiger partial charge < -0.3 is 10.1 Å². The molecule has 1 N–H and O–H groups in total. The molecule has 2 heterocycles. The SMILES string of the molecule is Clc1ccc(COc2ccc(Nc3ncnc4scc(-c5ccccc5)c34)cc2)cc1. The fourth-order valence-electron chi connectivity index (χ4n) is 3.32. The van der Waals surface area contributed by atoms with E-state index in [9.17, 15) is 0 Å². The lowest BCUT2D eigenvalue weighted by Crippen LogP contribution is -1.97. The quantitative estimate of drug-likeness (QED) is 0.298. The van der Waals surface area contributed by atoms with Gasteiger partial charge in [0.2, 0.25) is 0 Å². The summed E-state index contributed by atoms with van der Waals surface area (Å²) in [5.41, 5.74) is 4.29. The molecule has 0 radical (unpaired) electrons. The van der Waals surface area contributed by atoms with E-state index in [1.54, 1.807) is 17.7 Å². The molecule has 5 aromatic rings. The molecule has 0 aliphatic rings. The zero-order valence-corrected chi connectivity index (χ0v) is 18.0. The molecule has 0 saturated carbocycles. The van der Waals surface area contributed by atoms with Crippen molar-refractivity contribution in [2.24, 2.45) is 0 Å². The first-order chi connectivity index (χ1) is 15.3. The van der Waals surface area contributed by atoms with Gasteiger partial charge in [0.15, 0.2) is 0 Å². The Bertz CT molecular complexity index is 1300. The number of hydrogen-bond acceptors (Lipinski definition) is 5. The number of thiophene rings is 1. The minimum absolute atomic E-state index is 0.492. The lowest BCUT2D eigenvalue weighted by molar-refractivity contribution is 0.306. The first-order valence-corrected chi connectivity index (χ1v) is 11.0. The highest BCUT2D eigenvalue weighted by Crippen LogP contribution is 2.37. The number of anilines is 2. The van der Waals surface area contributed by atoms with Gasteiger partial charge in [0.1, 0.15) is 29.3 Å². The van der Waals surface area contributed by atoms with Crippen molar-refractivity contribution in [3.05, 3.63) is 101 Å². The van der Waals surface area contributed by atoms with Crippen LogP contribution >= 0.6 is 22.9 Å². The van der Waals surface area contributed by atoms with Crippen LogP contribution in [0.4, 0.5) is 11.5 Å². The average molecular weight is 444 g/mol. The van der Waals surface area contributed by atoms with E-state index in [-0.39, 0.29) is 0 Å². The van der Waals surface area contributed by atoms with E-state index in [1.807, 2.05) is 66.7 Å². The number of fused-ring (bicyclic) bond motifs is 1. The summed E-state index contributed by atoms with van der Waals surface area (Å²) in [6.45, 7) is 0.492. The van der Waals surface area contributed by atoms with Crippen LogP contribution in [0.2, 0.25) is 5.02 Å². The first-order valence-electron chi connectivity index (χ1n) is 9.78. The van der Waals surface area contributed by atoms with Crippen LogP contribution in [0.3, 0.4) is 0 Å². The molecule has 31 heavy (non-hydrogen) atoms. The number of hydrogen-bond donors (Lipinski definition) is 1. The normalized spacial score (nSPS) is 10.9. The van der Waals surface area contributed by atoms with E-state index in [0.717, 1.165) is 49.2 Å². The molecule has 0 atom stereocenters. The van der Waals surface area contributed by atoms with Crippen LogP contribution in [0.1, 0.15) is 5.56 Å². The Kier molecular flexibility index (Phi) is 5.52. The molecule has 0 aliphatic carbocycles. The molecule has 0 fully saturated rings. The standard InChI is InChI=1S/C25H18ClN3OS/c26-19-8-6-17(7-9-19)14-30-21-12-10-20(11-13-21)29-24-23-22(18-4-2-1-3-5-18)15-31-25(23)28-16-27-24/h1-13,15-16H,14H2,(H,27,28,29). The number of ether oxygens (including phenoxy) is 1. The third kappa shape index (κ3) is 4.38. The van der Waals surface area contributed by atoms with Crippen molar-refractivity contribution >= 4 is 44.7 Å². The largest absolute Gasteiger partial charge is 0.489 e. The topological polar surface area (TPSA) is 47.0 Å². The minimum atomic E-state index is 0.492. The Morgan fingerprint density at radius 3 is 2.42 bits per heavy atom. The molecular formula is C25H18ClN3OS. The maximum atomic E-state index is 5.93. The minimum Gasteiger partial charge on any atom is -0.489 e. The Labute approximate surface area is 189 Å². The second kappa shape index (κ2) is 8.76. The summed E-state index contributed by atoms with van der Waals surface area (Å²) in [4.78, 5) is 9.91. The molecule has 0 aliphatic heterocycles. The number of nitrogens with zero attached hydrogens (tertiary/aromatic N) is 2. The number of rotatable bonds is 6. The third-order valence-electron chi connectivity index (χ3n) is 4.89. The maximum absolute atomic E-state index is 5.93. The molecule has 0 amide bonds. The van der Waals surface area contributed by atoms with Gasteiger partial charge in [0.25, 0.3) is 0 Å². The van der Waals surface area contributed by atoms with Gasteiger partial charge in [-0.2, -0.15) is 0 Å². The fraction of sp³-hybridized carbons (Fsp3) is 0.0400. The van der Waals surface area contributed by atoms with Gasteiger partial charge in [-0.3, -0.25) is 0 Å². The van der Waals surface area contributed by atoms with Gasteiger partial charge in [0, 0.05) is 21.7 Å². The van der Waals surface area contributed by atoms with Crippen molar-refractivity contribution < 1.29 is 4.74 Å². The summed E-state index contributed by atoms with van der Waals surface area (Å²) < 4.78 is 5.88. The van der Waals surface area contributed by atoms with Crippen LogP contribution in [0.25, 0.3) is 21.3 Å². The van der Waals surface area contributed by atoms with Crippen LogP contribution in [0, 0.1) is 0 Å². The van der Waals surface area contributed by atoms with Crippen LogP contribution < -0.4 is 10.1 Å². The molecule has 2 aromatic heterocycles. The van der Waals surface area contributed by atoms with E-state index >= 15 is 0 Å². The Morgan fingerprint density at radius 1 is 0.871 bits per heavy atom. The average Bonchev–Trinajstić information content (AvgIpc) is 3.26. The van der Waals surface area contributed by atoms with Crippen LogP contribution in [-0.2, 0) is 6.61 Å². The second-order valence-corrected chi connectivity index (χ2v) is 8.28. The van der Waals surface area contributed by atoms with Crippen molar-refractivity contribution in [1.82, 2.24) is 9.97 Å². The third-order valence-corrected chi connectivity index (χ3v) is 6.03. The van der Waals surface area contributed by atoms with Gasteiger partial charge in [-0.1, -0.05) is 54.1 Å². The number of benzene rings is 3. The molecule has 0 spiro atoms. The Hall–Kier alpha value is -3.41. The van der Waals surface area contributed by atoms with Gasteiger partial charge >= 0.3 is 0 Å². The van der Waals surface area contributed by atoms with E-state index in [2.05, 4.69) is 32.8 Å². The molecule has 3 aromatic carbocycles. The van der Waals surface area contributed by atoms with E-state index < -0.39 is 0 Å². The fourth-order valence-corrected chi connectivity index (χ4v) is 4.36. The van der Waals surface area contributed by atoms with Crippen molar-refractivity contribution in [2.75, 3.05) is 5.32 Å². The highest BCUT2D eigenvalue weighted by molar-refractivity contribution is 7.17. The lowest BCUT2D eigenvalue weighted by atomic mass is 10.1. The van der Waals surface area contributed by atoms with E-state index in [0.29, 0.717) is 6.61 Å². The Morgan fingerprint density at radius 2 is 1.65 bits per heavy atom. The van der Waals surface area contributed by atoms with Crippen LogP contribution in [-0.4, -0.2) is 9.97 Å². The smallest absolute Gasteiger partial charge is 0.143 e. The molecule has 4 nitrogen and oxygen atoms in total. The zero-order valence-electron chi connectivity index (χ0n) is 16.5. The molecule has 0 saturated heterocycles. The Balaban J connectivity index is 1.35. The number of halogens is 1. The summed E-state index contributed by atoms with van der Waals surface area (Å²) in [7, 11) is 0. The molecular weight excluding hydrogens is 426 g/mol. The lowest BCUT2D eigenvalue weighted by Gasteiger charge is -2.10. The van der Waals surface area contributed by atoms with Gasteiger partial charge in [-0.05, 0) is 47.5 Å². The summed E-state index contributed by atoms with van der Waals surface area (Å²) in [5, 5.41) is 7.32. The monoisotopic (exact) mass is 443 g/mol. The summed E-state index contributed by atoms with van der Waals surface area (Å²) in [6.07, 6.45) is 1.60. The van der Waals surface area contributed by atoms with Crippen LogP contribution in [0.15, 0.2) is 90.6 Å². The van der Waals surface area contributed by atoms with Crippen molar-refractivity contribution in [3.8, 4) is 16.9 Å². The van der Waals surface area contributed by atoms with Crippen molar-refractivity contribution in [3.63, 3.8) is 0 Å². The summed E-state index contributed by atoms with van der Waals surface area (Å²) in [5.74, 6) is 1.59. The van der Waals surface area contributed by atoms with Crippen molar-refractivity contribution in [2.45, 2.75) is 6.61 Å². The number of nitrogens with one attached hydrogen (secondary N) is 1. The maximum Gasteiger partial charge on any atom is 0.143 e. The molecule has 0 bridgehead atoms. The first kappa shape index (κ1) is 19.5. The highest BCUT2D eigenvalue weighted by atomic mass is 35.5. The molecule has 5 rings (SSSR count). The zero-order chi connectivity index (χ0) is 21.0. The number of aromatic nitrogens is 2. The summed E-state index contributed by atoms with van der Waals surface area (Å²) in [6, 6.07) is 25.8. The van der Waals surface area contributed by atoms with E-state index in [4.69, 9.17) is 16.3 Å². The van der Waals surface area contributed by atoms with Gasteiger partial charge in [0.05, 0.1) is 5.39 Å². The highest BCUT2D eigenvalue weighted by Gasteiger charge is 2.13. The molecule has 6 heteroatoms. The second-order valence-electron chi connectivity index (χ2n) is 6.98. The molecule has 152 valence electrons.